The fourth-order valence-electron chi connectivity index (χ4n) is 3.42. The largest absolute Gasteiger partial charge is 0.394 e. The maximum absolute atomic E-state index is 9.12. The zero-order valence-corrected chi connectivity index (χ0v) is 13.4. The first-order valence-electron chi connectivity index (χ1n) is 8.04. The van der Waals surface area contributed by atoms with Gasteiger partial charge in [0.05, 0.1) is 18.8 Å². The average molecular weight is 303 g/mol. The molecule has 2 aromatic rings. The first-order chi connectivity index (χ1) is 10.7. The van der Waals surface area contributed by atoms with Crippen molar-refractivity contribution >= 4 is 0 Å². The van der Waals surface area contributed by atoms with Crippen molar-refractivity contribution in [3.05, 3.63) is 35.2 Å². The second kappa shape index (κ2) is 6.62. The first-order valence-corrected chi connectivity index (χ1v) is 8.04. The number of aliphatic hydroxyl groups excluding tert-OH is 1. The van der Waals surface area contributed by atoms with E-state index in [2.05, 4.69) is 33.8 Å². The molecule has 0 spiro atoms. The molecule has 6 heteroatoms. The molecular formula is C16H25N5O. The molecule has 6 nitrogen and oxygen atoms in total. The molecule has 1 saturated heterocycles. The molecule has 1 aliphatic rings. The van der Waals surface area contributed by atoms with Gasteiger partial charge in [-0.15, -0.1) is 0 Å². The Bertz CT molecular complexity index is 604. The molecule has 2 N–H and O–H groups in total. The van der Waals surface area contributed by atoms with E-state index in [1.54, 1.807) is 0 Å². The summed E-state index contributed by atoms with van der Waals surface area (Å²) in [4.78, 5) is 10.2. The van der Waals surface area contributed by atoms with Gasteiger partial charge in [0.15, 0.2) is 0 Å². The minimum Gasteiger partial charge on any atom is -0.394 e. The van der Waals surface area contributed by atoms with Crippen LogP contribution in [-0.2, 0) is 13.1 Å². The Morgan fingerprint density at radius 3 is 3.00 bits per heavy atom. The molecule has 1 fully saturated rings. The molecule has 1 unspecified atom stereocenters. The number of aliphatic hydroxyl groups is 1. The first kappa shape index (κ1) is 15.2. The monoisotopic (exact) mass is 303 g/mol. The lowest BCUT2D eigenvalue weighted by atomic mass is 9.97. The molecule has 1 aliphatic heterocycles. The maximum Gasteiger partial charge on any atom is 0.110 e. The van der Waals surface area contributed by atoms with Gasteiger partial charge in [-0.05, 0) is 33.2 Å². The van der Waals surface area contributed by atoms with Crippen LogP contribution in [0.1, 0.15) is 41.5 Å². The summed E-state index contributed by atoms with van der Waals surface area (Å²) in [5.74, 6) is 1.60. The molecule has 1 atom stereocenters. The van der Waals surface area contributed by atoms with Crippen molar-refractivity contribution in [2.24, 2.45) is 0 Å². The van der Waals surface area contributed by atoms with E-state index in [9.17, 15) is 0 Å². The topological polar surface area (TPSA) is 70.0 Å². The lowest BCUT2D eigenvalue weighted by Crippen LogP contribution is -2.34. The van der Waals surface area contributed by atoms with Crippen LogP contribution >= 0.6 is 0 Å². The molecular weight excluding hydrogens is 278 g/mol. The maximum atomic E-state index is 9.12. The van der Waals surface area contributed by atoms with Gasteiger partial charge in [0.2, 0.25) is 0 Å². The summed E-state index contributed by atoms with van der Waals surface area (Å²) < 4.78 is 1.92. The Morgan fingerprint density at radius 2 is 2.27 bits per heavy atom. The van der Waals surface area contributed by atoms with Crippen molar-refractivity contribution < 1.29 is 5.11 Å². The molecule has 3 rings (SSSR count). The lowest BCUT2D eigenvalue weighted by molar-refractivity contribution is 0.196. The smallest absolute Gasteiger partial charge is 0.110 e. The van der Waals surface area contributed by atoms with Crippen molar-refractivity contribution in [1.82, 2.24) is 24.6 Å². The summed E-state index contributed by atoms with van der Waals surface area (Å²) in [7, 11) is 0. The molecule has 0 aliphatic carbocycles. The number of H-pyrrole nitrogens is 1. The molecule has 3 heterocycles. The van der Waals surface area contributed by atoms with Gasteiger partial charge in [0.25, 0.3) is 0 Å². The Hall–Kier alpha value is -1.66. The van der Waals surface area contributed by atoms with Gasteiger partial charge in [-0.1, -0.05) is 0 Å². The Balaban J connectivity index is 1.70. The summed E-state index contributed by atoms with van der Waals surface area (Å²) in [5, 5.41) is 13.7. The zero-order chi connectivity index (χ0) is 15.5. The highest BCUT2D eigenvalue weighted by Gasteiger charge is 2.24. The van der Waals surface area contributed by atoms with Crippen LogP contribution in [0.5, 0.6) is 0 Å². The van der Waals surface area contributed by atoms with Crippen LogP contribution in [0.3, 0.4) is 0 Å². The summed E-state index contributed by atoms with van der Waals surface area (Å²) >= 11 is 0. The third-order valence-electron chi connectivity index (χ3n) is 4.64. The van der Waals surface area contributed by atoms with Crippen LogP contribution in [0.4, 0.5) is 0 Å². The minimum absolute atomic E-state index is 0.131. The van der Waals surface area contributed by atoms with E-state index in [-0.39, 0.29) is 6.61 Å². The second-order valence-corrected chi connectivity index (χ2v) is 6.14. The van der Waals surface area contributed by atoms with E-state index in [1.165, 1.54) is 24.1 Å². The predicted molar refractivity (Wildman–Crippen MR) is 84.6 cm³/mol. The number of aromatic nitrogens is 4. The van der Waals surface area contributed by atoms with Gasteiger partial charge in [0.1, 0.15) is 5.82 Å². The number of aryl methyl sites for hydroxylation is 1. The fourth-order valence-corrected chi connectivity index (χ4v) is 3.42. The number of piperidine rings is 1. The molecule has 120 valence electrons. The highest BCUT2D eigenvalue weighted by atomic mass is 16.3. The quantitative estimate of drug-likeness (QED) is 0.880. The van der Waals surface area contributed by atoms with Crippen LogP contribution in [-0.4, -0.2) is 49.5 Å². The van der Waals surface area contributed by atoms with Crippen molar-refractivity contribution in [2.45, 2.75) is 45.7 Å². The number of likely N-dealkylation sites (tertiary alicyclic amines) is 1. The number of imidazole rings is 1. The summed E-state index contributed by atoms with van der Waals surface area (Å²) in [6.07, 6.45) is 6.14. The van der Waals surface area contributed by atoms with Crippen molar-refractivity contribution in [3.8, 4) is 0 Å². The summed E-state index contributed by atoms with van der Waals surface area (Å²) in [6, 6.07) is 0. The van der Waals surface area contributed by atoms with Crippen molar-refractivity contribution in [3.63, 3.8) is 0 Å². The van der Waals surface area contributed by atoms with E-state index in [1.807, 2.05) is 17.1 Å². The number of rotatable bonds is 5. The number of nitrogens with zero attached hydrogens (tertiary/aromatic N) is 4. The van der Waals surface area contributed by atoms with Gasteiger partial charge in [-0.3, -0.25) is 9.58 Å². The van der Waals surface area contributed by atoms with Crippen LogP contribution in [0.15, 0.2) is 12.4 Å². The summed E-state index contributed by atoms with van der Waals surface area (Å²) in [5.41, 5.74) is 3.55. The van der Waals surface area contributed by atoms with Crippen molar-refractivity contribution in [2.75, 3.05) is 19.7 Å². The third-order valence-corrected chi connectivity index (χ3v) is 4.64. The van der Waals surface area contributed by atoms with Gasteiger partial charge >= 0.3 is 0 Å². The number of hydrogen-bond donors (Lipinski definition) is 2. The Kier molecular flexibility index (Phi) is 4.59. The standard InChI is InChI=1S/C16H25N5O/c1-12-15(13(2)21(19-12)8-9-22)11-20-7-3-4-14(10-20)16-17-5-6-18-16/h5-6,14,22H,3-4,7-11H2,1-2H3,(H,17,18). The Labute approximate surface area is 131 Å². The molecule has 0 amide bonds. The molecule has 0 aromatic carbocycles. The Morgan fingerprint density at radius 1 is 1.41 bits per heavy atom. The van der Waals surface area contributed by atoms with Crippen LogP contribution in [0.2, 0.25) is 0 Å². The predicted octanol–water partition coefficient (Wildman–Crippen LogP) is 1.59. The van der Waals surface area contributed by atoms with E-state index < -0.39 is 0 Å². The van der Waals surface area contributed by atoms with E-state index >= 15 is 0 Å². The normalized spacial score (nSPS) is 19.7. The average Bonchev–Trinajstić information content (AvgIpc) is 3.13. The number of aromatic amines is 1. The highest BCUT2D eigenvalue weighted by molar-refractivity contribution is 5.24. The molecule has 0 saturated carbocycles. The van der Waals surface area contributed by atoms with E-state index in [0.717, 1.165) is 31.2 Å². The summed E-state index contributed by atoms with van der Waals surface area (Å²) in [6.45, 7) is 7.95. The number of nitrogens with one attached hydrogen (secondary N) is 1. The van der Waals surface area contributed by atoms with Gasteiger partial charge in [0, 0.05) is 42.7 Å². The van der Waals surface area contributed by atoms with Gasteiger partial charge < -0.3 is 10.1 Å². The molecule has 0 radical (unpaired) electrons. The third kappa shape index (κ3) is 3.08. The molecule has 0 bridgehead atoms. The molecule has 2 aromatic heterocycles. The van der Waals surface area contributed by atoms with Crippen LogP contribution < -0.4 is 0 Å². The second-order valence-electron chi connectivity index (χ2n) is 6.14. The van der Waals surface area contributed by atoms with Gasteiger partial charge in [-0.25, -0.2) is 4.98 Å². The van der Waals surface area contributed by atoms with Crippen LogP contribution in [0, 0.1) is 13.8 Å². The zero-order valence-electron chi connectivity index (χ0n) is 13.4. The van der Waals surface area contributed by atoms with E-state index in [0.29, 0.717) is 12.5 Å². The van der Waals surface area contributed by atoms with Crippen LogP contribution in [0.25, 0.3) is 0 Å². The SMILES string of the molecule is Cc1nn(CCO)c(C)c1CN1CCCC(c2ncc[nH]2)C1. The lowest BCUT2D eigenvalue weighted by Gasteiger charge is -2.31. The minimum atomic E-state index is 0.131. The van der Waals surface area contributed by atoms with Crippen molar-refractivity contribution in [1.29, 1.82) is 0 Å². The molecule has 22 heavy (non-hydrogen) atoms. The van der Waals surface area contributed by atoms with Gasteiger partial charge in [-0.2, -0.15) is 5.10 Å². The van der Waals surface area contributed by atoms with E-state index in [4.69, 9.17) is 5.11 Å². The fraction of sp³-hybridized carbons (Fsp3) is 0.625. The number of hydrogen-bond acceptors (Lipinski definition) is 4. The highest BCUT2D eigenvalue weighted by Crippen LogP contribution is 2.26.